The third-order valence-corrected chi connectivity index (χ3v) is 5.71. The van der Waals surface area contributed by atoms with Gasteiger partial charge in [-0.15, -0.1) is 0 Å². The Balaban J connectivity index is 1.80. The first-order valence-electron chi connectivity index (χ1n) is 9.73. The van der Waals surface area contributed by atoms with E-state index >= 15 is 0 Å². The second-order valence-corrected chi connectivity index (χ2v) is 7.90. The molecule has 4 nitrogen and oxygen atoms in total. The van der Waals surface area contributed by atoms with E-state index in [1.54, 1.807) is 7.11 Å². The minimum absolute atomic E-state index is 0.254. The van der Waals surface area contributed by atoms with Crippen molar-refractivity contribution in [2.24, 2.45) is 5.92 Å². The van der Waals surface area contributed by atoms with Gasteiger partial charge in [-0.2, -0.15) is 0 Å². The maximum absolute atomic E-state index is 9.58. The molecule has 0 unspecified atom stereocenters. The standard InChI is InChI=1S/C23H25ClN2O2/c1-28-22-7-3-2-6-20(22)23-18(14-26-10-4-5-16(13-26)15-27)11-17-8-9-19(24)12-21(17)25-23/h2-3,6-9,11-12,16,27H,4-5,10,13-15H2,1H3/t16-/m1/s1. The molecule has 0 radical (unpaired) electrons. The van der Waals surface area contributed by atoms with Crippen molar-refractivity contribution in [3.05, 3.63) is 59.1 Å². The first-order chi connectivity index (χ1) is 13.7. The minimum atomic E-state index is 0.254. The molecule has 0 saturated carbocycles. The highest BCUT2D eigenvalue weighted by molar-refractivity contribution is 6.31. The molecule has 28 heavy (non-hydrogen) atoms. The molecule has 1 atom stereocenters. The summed E-state index contributed by atoms with van der Waals surface area (Å²) in [6.07, 6.45) is 2.21. The number of para-hydroxylation sites is 1. The van der Waals surface area contributed by atoms with Crippen molar-refractivity contribution in [3.63, 3.8) is 0 Å². The SMILES string of the molecule is COc1ccccc1-c1nc2cc(Cl)ccc2cc1CN1CCC[C@@H](CO)C1. The fourth-order valence-corrected chi connectivity index (χ4v) is 4.23. The number of aromatic nitrogens is 1. The van der Waals surface area contributed by atoms with Crippen LogP contribution >= 0.6 is 11.6 Å². The first kappa shape index (κ1) is 19.2. The summed E-state index contributed by atoms with van der Waals surface area (Å²) in [6, 6.07) is 16.0. The number of hydrogen-bond acceptors (Lipinski definition) is 4. The lowest BCUT2D eigenvalue weighted by Crippen LogP contribution is -2.36. The number of methoxy groups -OCH3 is 1. The maximum atomic E-state index is 9.58. The number of aliphatic hydroxyl groups is 1. The average molecular weight is 397 g/mol. The van der Waals surface area contributed by atoms with Crippen LogP contribution < -0.4 is 4.74 Å². The van der Waals surface area contributed by atoms with Crippen molar-refractivity contribution in [1.82, 2.24) is 9.88 Å². The predicted octanol–water partition coefficient (Wildman–Crippen LogP) is 4.77. The van der Waals surface area contributed by atoms with Gasteiger partial charge in [-0.3, -0.25) is 4.90 Å². The molecule has 5 heteroatoms. The zero-order chi connectivity index (χ0) is 19.5. The summed E-state index contributed by atoms with van der Waals surface area (Å²) in [4.78, 5) is 7.40. The Kier molecular flexibility index (Phi) is 5.81. The third kappa shape index (κ3) is 4.00. The molecule has 146 valence electrons. The Morgan fingerprint density at radius 2 is 2.07 bits per heavy atom. The van der Waals surface area contributed by atoms with Gasteiger partial charge in [-0.25, -0.2) is 4.98 Å². The zero-order valence-corrected chi connectivity index (χ0v) is 16.8. The molecular formula is C23H25ClN2O2. The molecule has 1 aliphatic rings. The molecule has 0 aliphatic carbocycles. The zero-order valence-electron chi connectivity index (χ0n) is 16.1. The minimum Gasteiger partial charge on any atom is -0.496 e. The number of nitrogens with zero attached hydrogens (tertiary/aromatic N) is 2. The summed E-state index contributed by atoms with van der Waals surface area (Å²) in [7, 11) is 1.69. The van der Waals surface area contributed by atoms with E-state index in [2.05, 4.69) is 11.0 Å². The number of piperidine rings is 1. The number of halogens is 1. The van der Waals surface area contributed by atoms with Crippen molar-refractivity contribution >= 4 is 22.5 Å². The van der Waals surface area contributed by atoms with E-state index in [0.29, 0.717) is 10.9 Å². The topological polar surface area (TPSA) is 45.6 Å². The smallest absolute Gasteiger partial charge is 0.128 e. The number of rotatable bonds is 5. The van der Waals surface area contributed by atoms with Crippen molar-refractivity contribution < 1.29 is 9.84 Å². The Morgan fingerprint density at radius 3 is 2.89 bits per heavy atom. The van der Waals surface area contributed by atoms with Crippen LogP contribution in [-0.2, 0) is 6.54 Å². The summed E-state index contributed by atoms with van der Waals surface area (Å²) in [5.74, 6) is 1.17. The Hall–Kier alpha value is -2.14. The second kappa shape index (κ2) is 8.48. The van der Waals surface area contributed by atoms with Crippen LogP contribution in [0.3, 0.4) is 0 Å². The van der Waals surface area contributed by atoms with Gasteiger partial charge in [0.1, 0.15) is 5.75 Å². The van der Waals surface area contributed by atoms with Crippen LogP contribution in [0.15, 0.2) is 48.5 Å². The summed E-state index contributed by atoms with van der Waals surface area (Å²) < 4.78 is 5.60. The van der Waals surface area contributed by atoms with Gasteiger partial charge in [0.15, 0.2) is 0 Å². The van der Waals surface area contributed by atoms with E-state index in [-0.39, 0.29) is 6.61 Å². The number of hydrogen-bond donors (Lipinski definition) is 1. The lowest BCUT2D eigenvalue weighted by atomic mass is 9.97. The molecule has 1 aliphatic heterocycles. The third-order valence-electron chi connectivity index (χ3n) is 5.48. The summed E-state index contributed by atoms with van der Waals surface area (Å²) in [5.41, 5.74) is 3.96. The van der Waals surface area contributed by atoms with Gasteiger partial charge in [-0.1, -0.05) is 29.8 Å². The summed E-state index contributed by atoms with van der Waals surface area (Å²) in [6.45, 7) is 3.01. The molecular weight excluding hydrogens is 372 g/mol. The van der Waals surface area contributed by atoms with Crippen molar-refractivity contribution in [3.8, 4) is 17.0 Å². The molecule has 4 rings (SSSR count). The molecule has 0 amide bonds. The van der Waals surface area contributed by atoms with Crippen LogP contribution in [0.5, 0.6) is 5.75 Å². The van der Waals surface area contributed by atoms with Crippen LogP contribution in [0.25, 0.3) is 22.2 Å². The number of fused-ring (bicyclic) bond motifs is 1. The van der Waals surface area contributed by atoms with E-state index in [1.165, 1.54) is 0 Å². The van der Waals surface area contributed by atoms with E-state index in [1.807, 2.05) is 42.5 Å². The highest BCUT2D eigenvalue weighted by Gasteiger charge is 2.22. The fraction of sp³-hybridized carbons (Fsp3) is 0.348. The molecule has 1 aromatic heterocycles. The molecule has 0 bridgehead atoms. The van der Waals surface area contributed by atoms with Crippen molar-refractivity contribution in [2.45, 2.75) is 19.4 Å². The van der Waals surface area contributed by atoms with Crippen LogP contribution in [0.2, 0.25) is 5.02 Å². The Bertz CT molecular complexity index is 976. The van der Waals surface area contributed by atoms with E-state index in [9.17, 15) is 5.11 Å². The fourth-order valence-electron chi connectivity index (χ4n) is 4.06. The van der Waals surface area contributed by atoms with Crippen LogP contribution in [0.4, 0.5) is 0 Å². The van der Waals surface area contributed by atoms with Gasteiger partial charge < -0.3 is 9.84 Å². The highest BCUT2D eigenvalue weighted by Crippen LogP contribution is 2.34. The molecule has 0 spiro atoms. The second-order valence-electron chi connectivity index (χ2n) is 7.46. The van der Waals surface area contributed by atoms with Crippen LogP contribution in [0.1, 0.15) is 18.4 Å². The van der Waals surface area contributed by atoms with E-state index < -0.39 is 0 Å². The van der Waals surface area contributed by atoms with Crippen LogP contribution in [-0.4, -0.2) is 41.8 Å². The Labute approximate surface area is 170 Å². The maximum Gasteiger partial charge on any atom is 0.128 e. The van der Waals surface area contributed by atoms with Gasteiger partial charge in [0.05, 0.1) is 18.3 Å². The highest BCUT2D eigenvalue weighted by atomic mass is 35.5. The van der Waals surface area contributed by atoms with Gasteiger partial charge in [-0.05, 0) is 61.2 Å². The van der Waals surface area contributed by atoms with E-state index in [0.717, 1.165) is 65.9 Å². The number of aliphatic hydroxyl groups excluding tert-OH is 1. The van der Waals surface area contributed by atoms with Crippen molar-refractivity contribution in [1.29, 1.82) is 0 Å². The molecule has 2 heterocycles. The van der Waals surface area contributed by atoms with E-state index in [4.69, 9.17) is 21.3 Å². The number of likely N-dealkylation sites (tertiary alicyclic amines) is 1. The summed E-state index contributed by atoms with van der Waals surface area (Å²) >= 11 is 6.21. The van der Waals surface area contributed by atoms with Crippen molar-refractivity contribution in [2.75, 3.05) is 26.8 Å². The molecule has 1 fully saturated rings. The number of ether oxygens (including phenoxy) is 1. The lowest BCUT2D eigenvalue weighted by molar-refractivity contribution is 0.116. The molecule has 2 aromatic carbocycles. The van der Waals surface area contributed by atoms with Gasteiger partial charge in [0, 0.05) is 35.7 Å². The summed E-state index contributed by atoms with van der Waals surface area (Å²) in [5, 5.41) is 11.3. The van der Waals surface area contributed by atoms with Crippen LogP contribution in [0, 0.1) is 5.92 Å². The largest absolute Gasteiger partial charge is 0.496 e. The first-order valence-corrected chi connectivity index (χ1v) is 10.1. The monoisotopic (exact) mass is 396 g/mol. The molecule has 1 saturated heterocycles. The van der Waals surface area contributed by atoms with Gasteiger partial charge in [0.25, 0.3) is 0 Å². The molecule has 1 N–H and O–H groups in total. The molecule has 3 aromatic rings. The average Bonchev–Trinajstić information content (AvgIpc) is 2.73. The van der Waals surface area contributed by atoms with Gasteiger partial charge >= 0.3 is 0 Å². The normalized spacial score (nSPS) is 17.8. The lowest BCUT2D eigenvalue weighted by Gasteiger charge is -2.32. The number of benzene rings is 2. The van der Waals surface area contributed by atoms with Gasteiger partial charge in [0.2, 0.25) is 0 Å². The predicted molar refractivity (Wildman–Crippen MR) is 114 cm³/mol. The Morgan fingerprint density at radius 1 is 1.21 bits per heavy atom. The number of pyridine rings is 1. The quantitative estimate of drug-likeness (QED) is 0.674.